The molecule has 2 fully saturated rings. The maximum atomic E-state index is 5.59. The lowest BCUT2D eigenvalue weighted by atomic mass is 9.96. The average Bonchev–Trinajstić information content (AvgIpc) is 2.70. The summed E-state index contributed by atoms with van der Waals surface area (Å²) in [4.78, 5) is 1.68. The van der Waals surface area contributed by atoms with E-state index in [2.05, 4.69) is 34.9 Å². The summed E-state index contributed by atoms with van der Waals surface area (Å²) in [6, 6.07) is 9.57. The van der Waals surface area contributed by atoms with Crippen molar-refractivity contribution < 1.29 is 9.64 Å². The Kier molecular flexibility index (Phi) is 7.56. The molecule has 0 amide bonds. The third-order valence-electron chi connectivity index (χ3n) is 5.91. The molecule has 4 nitrogen and oxygen atoms in total. The second-order valence-corrected chi connectivity index (χ2v) is 8.14. The quantitative estimate of drug-likeness (QED) is 0.667. The van der Waals surface area contributed by atoms with Crippen molar-refractivity contribution in [1.29, 1.82) is 0 Å². The van der Waals surface area contributed by atoms with Crippen molar-refractivity contribution in [3.8, 4) is 5.75 Å². The molecule has 0 spiro atoms. The third-order valence-corrected chi connectivity index (χ3v) is 6.18. The highest BCUT2D eigenvalue weighted by molar-refractivity contribution is 7.80. The maximum absolute atomic E-state index is 5.59. The lowest BCUT2D eigenvalue weighted by Gasteiger charge is -2.33. The molecule has 3 N–H and O–H groups in total. The first kappa shape index (κ1) is 19.4. The molecule has 3 rings (SSSR count). The Hall–Kier alpha value is -1.33. The van der Waals surface area contributed by atoms with Crippen LogP contribution in [0.5, 0.6) is 5.75 Å². The number of likely N-dealkylation sites (tertiary alicyclic amines) is 1. The third kappa shape index (κ3) is 5.58. The summed E-state index contributed by atoms with van der Waals surface area (Å²) < 4.78 is 5.32. The minimum absolute atomic E-state index is 0.437. The van der Waals surface area contributed by atoms with Gasteiger partial charge < -0.3 is 20.3 Å². The van der Waals surface area contributed by atoms with Crippen LogP contribution in [0.1, 0.15) is 63.0 Å². The lowest BCUT2D eigenvalue weighted by molar-refractivity contribution is -0.934. The second-order valence-electron chi connectivity index (χ2n) is 7.73. The van der Waals surface area contributed by atoms with Gasteiger partial charge in [-0.2, -0.15) is 0 Å². The minimum atomic E-state index is 0.437. The molecular formula is C21H34N3OS+. The van der Waals surface area contributed by atoms with Crippen LogP contribution in [0.15, 0.2) is 24.3 Å². The van der Waals surface area contributed by atoms with Crippen LogP contribution >= 0.6 is 12.2 Å². The van der Waals surface area contributed by atoms with Gasteiger partial charge in [0.1, 0.15) is 11.8 Å². The van der Waals surface area contributed by atoms with Crippen LogP contribution in [0.4, 0.5) is 0 Å². The predicted molar refractivity (Wildman–Crippen MR) is 111 cm³/mol. The normalized spacial score (nSPS) is 20.3. The van der Waals surface area contributed by atoms with Gasteiger partial charge in [-0.1, -0.05) is 19.3 Å². The topological polar surface area (TPSA) is 37.7 Å². The fourth-order valence-electron chi connectivity index (χ4n) is 4.37. The molecule has 0 bridgehead atoms. The monoisotopic (exact) mass is 376 g/mol. The van der Waals surface area contributed by atoms with Crippen LogP contribution in [0, 0.1) is 0 Å². The standard InChI is InChI=1S/C21H33N3OS/c1-25-19-12-10-17(11-13-19)20(24-14-6-3-7-15-24)16-22-21(26)23-18-8-4-2-5-9-18/h10-13,18,20H,2-9,14-16H2,1H3,(H2,22,23,26)/p+1/t20-/m1/s1. The molecular weight excluding hydrogens is 342 g/mol. The first-order valence-electron chi connectivity index (χ1n) is 10.3. The van der Waals surface area contributed by atoms with E-state index in [-0.39, 0.29) is 0 Å². The number of quaternary nitrogens is 1. The van der Waals surface area contributed by atoms with E-state index in [4.69, 9.17) is 17.0 Å². The molecule has 1 saturated heterocycles. The van der Waals surface area contributed by atoms with Gasteiger partial charge in [-0.15, -0.1) is 0 Å². The predicted octanol–water partition coefficient (Wildman–Crippen LogP) is 2.60. The van der Waals surface area contributed by atoms with Crippen LogP contribution in [0.2, 0.25) is 0 Å². The van der Waals surface area contributed by atoms with Crippen molar-refractivity contribution in [3.05, 3.63) is 29.8 Å². The van der Waals surface area contributed by atoms with Crippen LogP contribution in [0.25, 0.3) is 0 Å². The number of nitrogens with one attached hydrogen (secondary N) is 3. The highest BCUT2D eigenvalue weighted by Crippen LogP contribution is 2.18. The number of ether oxygens (including phenoxy) is 1. The van der Waals surface area contributed by atoms with Crippen LogP contribution in [0.3, 0.4) is 0 Å². The van der Waals surface area contributed by atoms with Gasteiger partial charge in [-0.05, 0) is 68.6 Å². The molecule has 5 heteroatoms. The van der Waals surface area contributed by atoms with E-state index in [0.29, 0.717) is 12.1 Å². The SMILES string of the molecule is COc1ccc([C@@H](CNC(=S)NC2CCCCC2)[NH+]2CCCCC2)cc1. The highest BCUT2D eigenvalue weighted by Gasteiger charge is 2.26. The molecule has 0 unspecified atom stereocenters. The summed E-state index contributed by atoms with van der Waals surface area (Å²) in [5.41, 5.74) is 1.37. The largest absolute Gasteiger partial charge is 0.497 e. The molecule has 1 aliphatic carbocycles. The van der Waals surface area contributed by atoms with Gasteiger partial charge in [0.05, 0.1) is 26.7 Å². The van der Waals surface area contributed by atoms with Crippen molar-refractivity contribution in [2.45, 2.75) is 63.5 Å². The fourth-order valence-corrected chi connectivity index (χ4v) is 4.62. The molecule has 0 aromatic heterocycles. The highest BCUT2D eigenvalue weighted by atomic mass is 32.1. The number of piperidine rings is 1. The van der Waals surface area contributed by atoms with E-state index in [1.54, 1.807) is 12.0 Å². The molecule has 1 heterocycles. The van der Waals surface area contributed by atoms with Gasteiger partial charge in [0.25, 0.3) is 0 Å². The molecule has 1 aliphatic heterocycles. The van der Waals surface area contributed by atoms with Crippen molar-refractivity contribution in [3.63, 3.8) is 0 Å². The number of benzene rings is 1. The van der Waals surface area contributed by atoms with Crippen molar-refractivity contribution in [2.75, 3.05) is 26.7 Å². The van der Waals surface area contributed by atoms with Gasteiger partial charge in [0.2, 0.25) is 0 Å². The number of hydrogen-bond donors (Lipinski definition) is 3. The Balaban J connectivity index is 1.59. The summed E-state index contributed by atoms with van der Waals surface area (Å²) in [6.07, 6.45) is 10.5. The number of methoxy groups -OCH3 is 1. The van der Waals surface area contributed by atoms with Crippen LogP contribution in [-0.2, 0) is 0 Å². The summed E-state index contributed by atoms with van der Waals surface area (Å²) in [5, 5.41) is 7.89. The van der Waals surface area contributed by atoms with E-state index >= 15 is 0 Å². The maximum Gasteiger partial charge on any atom is 0.166 e. The number of hydrogen-bond acceptors (Lipinski definition) is 2. The van der Waals surface area contributed by atoms with E-state index in [9.17, 15) is 0 Å². The summed E-state index contributed by atoms with van der Waals surface area (Å²) in [7, 11) is 1.72. The zero-order valence-corrected chi connectivity index (χ0v) is 16.9. The zero-order chi connectivity index (χ0) is 18.2. The van der Waals surface area contributed by atoms with Gasteiger partial charge in [0.15, 0.2) is 5.11 Å². The molecule has 144 valence electrons. The van der Waals surface area contributed by atoms with E-state index in [1.807, 2.05) is 0 Å². The smallest absolute Gasteiger partial charge is 0.166 e. The minimum Gasteiger partial charge on any atom is -0.497 e. The fraction of sp³-hybridized carbons (Fsp3) is 0.667. The molecule has 1 atom stereocenters. The Morgan fingerprint density at radius 1 is 1.08 bits per heavy atom. The molecule has 1 aromatic carbocycles. The first-order chi connectivity index (χ1) is 12.8. The van der Waals surface area contributed by atoms with E-state index in [0.717, 1.165) is 17.4 Å². The number of rotatable bonds is 6. The molecule has 1 aromatic rings. The molecule has 26 heavy (non-hydrogen) atoms. The van der Waals surface area contributed by atoms with Crippen molar-refractivity contribution >= 4 is 17.3 Å². The summed E-state index contributed by atoms with van der Waals surface area (Å²) >= 11 is 5.59. The van der Waals surface area contributed by atoms with E-state index in [1.165, 1.54) is 70.0 Å². The van der Waals surface area contributed by atoms with Crippen molar-refractivity contribution in [1.82, 2.24) is 10.6 Å². The Morgan fingerprint density at radius 3 is 2.38 bits per heavy atom. The Bertz CT molecular complexity index is 551. The molecule has 0 radical (unpaired) electrons. The Morgan fingerprint density at radius 2 is 1.73 bits per heavy atom. The van der Waals surface area contributed by atoms with Crippen LogP contribution < -0.4 is 20.3 Å². The Labute approximate surface area is 163 Å². The zero-order valence-electron chi connectivity index (χ0n) is 16.1. The lowest BCUT2D eigenvalue weighted by Crippen LogP contribution is -3.13. The van der Waals surface area contributed by atoms with Crippen molar-refractivity contribution in [2.24, 2.45) is 0 Å². The summed E-state index contributed by atoms with van der Waals surface area (Å²) in [6.45, 7) is 3.39. The first-order valence-corrected chi connectivity index (χ1v) is 10.7. The molecule has 1 saturated carbocycles. The number of thiocarbonyl (C=S) groups is 1. The second kappa shape index (κ2) is 10.1. The molecule has 2 aliphatic rings. The van der Waals surface area contributed by atoms with Gasteiger partial charge in [-0.3, -0.25) is 0 Å². The average molecular weight is 377 g/mol. The van der Waals surface area contributed by atoms with Gasteiger partial charge in [0, 0.05) is 11.6 Å². The van der Waals surface area contributed by atoms with Gasteiger partial charge in [-0.25, -0.2) is 0 Å². The van der Waals surface area contributed by atoms with Gasteiger partial charge >= 0.3 is 0 Å². The van der Waals surface area contributed by atoms with E-state index < -0.39 is 0 Å². The summed E-state index contributed by atoms with van der Waals surface area (Å²) in [5.74, 6) is 0.920. The van der Waals surface area contributed by atoms with Crippen LogP contribution in [-0.4, -0.2) is 37.9 Å².